The summed E-state index contributed by atoms with van der Waals surface area (Å²) in [6, 6.07) is 11.8. The second kappa shape index (κ2) is 10.6. The van der Waals surface area contributed by atoms with Gasteiger partial charge in [-0.05, 0) is 35.9 Å². The zero-order valence-electron chi connectivity index (χ0n) is 15.1. The zero-order valence-corrected chi connectivity index (χ0v) is 15.8. The molecule has 0 unspecified atom stereocenters. The van der Waals surface area contributed by atoms with Crippen LogP contribution in [0.15, 0.2) is 47.6 Å². The molecule has 0 spiro atoms. The highest BCUT2D eigenvalue weighted by Crippen LogP contribution is 2.27. The fourth-order valence-electron chi connectivity index (χ4n) is 2.12. The Labute approximate surface area is 167 Å². The minimum atomic E-state index is -0.568. The number of terminal acetylenes is 1. The van der Waals surface area contributed by atoms with Crippen molar-refractivity contribution in [3.05, 3.63) is 53.1 Å². The average Bonchev–Trinajstić information content (AvgIpc) is 2.68. The van der Waals surface area contributed by atoms with Gasteiger partial charge in [0, 0.05) is 0 Å². The molecule has 144 valence electrons. The number of benzene rings is 2. The molecule has 0 aliphatic heterocycles. The molecule has 28 heavy (non-hydrogen) atoms. The lowest BCUT2D eigenvalue weighted by Gasteiger charge is -2.09. The number of carbonyl (C=O) groups is 2. The summed E-state index contributed by atoms with van der Waals surface area (Å²) in [5, 5.41) is 6.77. The monoisotopic (exact) mass is 399 g/mol. The first-order valence-electron chi connectivity index (χ1n) is 8.14. The first-order valence-corrected chi connectivity index (χ1v) is 8.52. The lowest BCUT2D eigenvalue weighted by atomic mass is 10.2. The second-order valence-electron chi connectivity index (χ2n) is 5.40. The minimum Gasteiger partial charge on any atom is -0.493 e. The Morgan fingerprint density at radius 2 is 2.00 bits per heavy atom. The van der Waals surface area contributed by atoms with Crippen LogP contribution in [0.3, 0.4) is 0 Å². The number of nitrogens with zero attached hydrogens (tertiary/aromatic N) is 1. The largest absolute Gasteiger partial charge is 0.493 e. The molecule has 0 aromatic heterocycles. The van der Waals surface area contributed by atoms with E-state index in [2.05, 4.69) is 21.8 Å². The van der Waals surface area contributed by atoms with Crippen molar-refractivity contribution in [2.24, 2.45) is 5.10 Å². The molecule has 0 heterocycles. The van der Waals surface area contributed by atoms with Crippen LogP contribution in [0.25, 0.3) is 0 Å². The van der Waals surface area contributed by atoms with E-state index in [1.807, 2.05) is 0 Å². The van der Waals surface area contributed by atoms with Gasteiger partial charge in [0.15, 0.2) is 11.5 Å². The summed E-state index contributed by atoms with van der Waals surface area (Å²) in [5.41, 5.74) is 3.38. The lowest BCUT2D eigenvalue weighted by molar-refractivity contribution is -0.126. The molecule has 2 rings (SSSR count). The van der Waals surface area contributed by atoms with E-state index >= 15 is 0 Å². The van der Waals surface area contributed by atoms with Gasteiger partial charge < -0.3 is 14.8 Å². The second-order valence-corrected chi connectivity index (χ2v) is 5.81. The number of anilines is 1. The number of hydrogen-bond acceptors (Lipinski definition) is 5. The smallest absolute Gasteiger partial charge is 0.249 e. The van der Waals surface area contributed by atoms with Crippen LogP contribution < -0.4 is 20.2 Å². The number of nitrogens with one attached hydrogen (secondary N) is 2. The Hall–Kier alpha value is -3.50. The van der Waals surface area contributed by atoms with E-state index in [9.17, 15) is 9.59 Å². The number of carbonyl (C=O) groups excluding carboxylic acids is 2. The van der Waals surface area contributed by atoms with Crippen LogP contribution in [0.1, 0.15) is 12.0 Å². The first kappa shape index (κ1) is 20.8. The van der Waals surface area contributed by atoms with E-state index in [1.165, 1.54) is 13.3 Å². The van der Waals surface area contributed by atoms with Gasteiger partial charge in [0.2, 0.25) is 11.8 Å². The van der Waals surface area contributed by atoms with Crippen molar-refractivity contribution in [3.8, 4) is 23.8 Å². The fraction of sp³-hybridized carbons (Fsp3) is 0.150. The van der Waals surface area contributed by atoms with Gasteiger partial charge in [0.1, 0.15) is 13.0 Å². The molecule has 2 aromatic rings. The van der Waals surface area contributed by atoms with Crippen LogP contribution >= 0.6 is 11.6 Å². The molecular formula is C20H18ClN3O4. The molecule has 0 bridgehead atoms. The summed E-state index contributed by atoms with van der Waals surface area (Å²) in [6.07, 6.45) is 6.18. The van der Waals surface area contributed by atoms with Crippen molar-refractivity contribution in [2.45, 2.75) is 6.42 Å². The number of methoxy groups -OCH3 is 1. The maximum atomic E-state index is 11.9. The molecule has 7 nitrogen and oxygen atoms in total. The third-order valence-electron chi connectivity index (χ3n) is 3.37. The molecule has 0 aliphatic rings. The number of ether oxygens (including phenoxy) is 2. The number of amides is 2. The van der Waals surface area contributed by atoms with E-state index in [1.54, 1.807) is 42.5 Å². The van der Waals surface area contributed by atoms with Gasteiger partial charge >= 0.3 is 0 Å². The quantitative estimate of drug-likeness (QED) is 0.309. The summed E-state index contributed by atoms with van der Waals surface area (Å²) >= 11 is 5.95. The molecule has 0 radical (unpaired) electrons. The molecule has 2 aromatic carbocycles. The molecule has 8 heteroatoms. The van der Waals surface area contributed by atoms with Gasteiger partial charge in [-0.1, -0.05) is 29.7 Å². The standard InChI is InChI=1S/C20H18ClN3O4/c1-3-10-28-17-9-8-14(11-18(17)27-2)13-22-24-20(26)12-19(25)23-16-7-5-4-6-15(16)21/h1,4-9,11,13H,10,12H2,2H3,(H,23,25)(H,24,26). The topological polar surface area (TPSA) is 89.0 Å². The average molecular weight is 400 g/mol. The third-order valence-corrected chi connectivity index (χ3v) is 3.70. The summed E-state index contributed by atoms with van der Waals surface area (Å²) in [4.78, 5) is 23.7. The Bertz CT molecular complexity index is 922. The molecule has 2 N–H and O–H groups in total. The summed E-state index contributed by atoms with van der Waals surface area (Å²) < 4.78 is 10.6. The van der Waals surface area contributed by atoms with Gasteiger partial charge in [-0.2, -0.15) is 5.10 Å². The SMILES string of the molecule is C#CCOc1ccc(C=NNC(=O)CC(=O)Nc2ccccc2Cl)cc1OC. The summed E-state index contributed by atoms with van der Waals surface area (Å²) in [7, 11) is 1.50. The Morgan fingerprint density at radius 3 is 2.71 bits per heavy atom. The van der Waals surface area contributed by atoms with Crippen LogP contribution in [-0.4, -0.2) is 31.7 Å². The molecule has 0 fully saturated rings. The van der Waals surface area contributed by atoms with Crippen molar-refractivity contribution in [1.29, 1.82) is 0 Å². The molecule has 0 atom stereocenters. The molecule has 0 aliphatic carbocycles. The number of para-hydroxylation sites is 1. The summed E-state index contributed by atoms with van der Waals surface area (Å²) in [5.74, 6) is 2.28. The zero-order chi connectivity index (χ0) is 20.4. The maximum Gasteiger partial charge on any atom is 0.249 e. The Balaban J connectivity index is 1.88. The first-order chi connectivity index (χ1) is 13.5. The van der Waals surface area contributed by atoms with Crippen LogP contribution in [-0.2, 0) is 9.59 Å². The maximum absolute atomic E-state index is 11.9. The Morgan fingerprint density at radius 1 is 1.21 bits per heavy atom. The van der Waals surface area contributed by atoms with Crippen molar-refractivity contribution >= 4 is 35.3 Å². The van der Waals surface area contributed by atoms with Gasteiger partial charge in [-0.15, -0.1) is 6.42 Å². The van der Waals surface area contributed by atoms with Crippen LogP contribution in [0, 0.1) is 12.3 Å². The minimum absolute atomic E-state index is 0.121. The number of hydrogen-bond donors (Lipinski definition) is 2. The lowest BCUT2D eigenvalue weighted by Crippen LogP contribution is -2.24. The van der Waals surface area contributed by atoms with Crippen LogP contribution in [0.2, 0.25) is 5.02 Å². The predicted octanol–water partition coefficient (Wildman–Crippen LogP) is 2.84. The van der Waals surface area contributed by atoms with Crippen molar-refractivity contribution in [2.75, 3.05) is 19.0 Å². The van der Waals surface area contributed by atoms with E-state index in [0.29, 0.717) is 27.8 Å². The van der Waals surface area contributed by atoms with Gasteiger partial charge in [0.05, 0.1) is 24.0 Å². The molecule has 0 saturated carbocycles. The molecule has 0 saturated heterocycles. The van der Waals surface area contributed by atoms with E-state index in [4.69, 9.17) is 27.5 Å². The van der Waals surface area contributed by atoms with Crippen molar-refractivity contribution in [1.82, 2.24) is 5.43 Å². The fourth-order valence-corrected chi connectivity index (χ4v) is 2.31. The highest BCUT2D eigenvalue weighted by atomic mass is 35.5. The van der Waals surface area contributed by atoms with E-state index in [0.717, 1.165) is 0 Å². The highest BCUT2D eigenvalue weighted by molar-refractivity contribution is 6.33. The Kier molecular flexibility index (Phi) is 7.88. The van der Waals surface area contributed by atoms with Gasteiger partial charge in [-0.3, -0.25) is 9.59 Å². The van der Waals surface area contributed by atoms with E-state index in [-0.39, 0.29) is 6.61 Å². The molecular weight excluding hydrogens is 382 g/mol. The number of rotatable bonds is 8. The van der Waals surface area contributed by atoms with Crippen molar-refractivity contribution in [3.63, 3.8) is 0 Å². The molecule has 2 amide bonds. The van der Waals surface area contributed by atoms with Crippen LogP contribution in [0.5, 0.6) is 11.5 Å². The normalized spacial score (nSPS) is 10.2. The van der Waals surface area contributed by atoms with Crippen LogP contribution in [0.4, 0.5) is 5.69 Å². The highest BCUT2D eigenvalue weighted by Gasteiger charge is 2.10. The van der Waals surface area contributed by atoms with E-state index < -0.39 is 18.2 Å². The summed E-state index contributed by atoms with van der Waals surface area (Å²) in [6.45, 7) is 0.121. The number of hydrazone groups is 1. The predicted molar refractivity (Wildman–Crippen MR) is 108 cm³/mol. The van der Waals surface area contributed by atoms with Gasteiger partial charge in [-0.25, -0.2) is 5.43 Å². The number of halogens is 1. The third kappa shape index (κ3) is 6.34. The van der Waals surface area contributed by atoms with Gasteiger partial charge in [0.25, 0.3) is 0 Å². The van der Waals surface area contributed by atoms with Crippen molar-refractivity contribution < 1.29 is 19.1 Å².